The summed E-state index contributed by atoms with van der Waals surface area (Å²) in [6.07, 6.45) is 64.5. The highest BCUT2D eigenvalue weighted by Gasteiger charge is 2.20. The molecule has 1 amide bonds. The Kier molecular flexibility index (Phi) is 52.6. The minimum atomic E-state index is -0.679. The van der Waals surface area contributed by atoms with Gasteiger partial charge in [-0.05, 0) is 57.8 Å². The summed E-state index contributed by atoms with van der Waals surface area (Å²) in [6.45, 7) is 4.91. The van der Waals surface area contributed by atoms with Crippen molar-refractivity contribution in [1.82, 2.24) is 5.32 Å². The van der Waals surface area contributed by atoms with Gasteiger partial charge in [0, 0.05) is 12.8 Å². The fourth-order valence-electron chi connectivity index (χ4n) is 8.87. The lowest BCUT2D eigenvalue weighted by Gasteiger charge is -2.22. The molecule has 0 fully saturated rings. The van der Waals surface area contributed by atoms with Crippen molar-refractivity contribution >= 4 is 11.9 Å². The van der Waals surface area contributed by atoms with Crippen LogP contribution in [0.1, 0.15) is 309 Å². The van der Waals surface area contributed by atoms with Gasteiger partial charge >= 0.3 is 5.97 Å². The van der Waals surface area contributed by atoms with Crippen LogP contribution in [-0.2, 0) is 14.3 Å². The first-order valence-electron chi connectivity index (χ1n) is 28.6. The molecule has 0 rings (SSSR count). The van der Waals surface area contributed by atoms with Crippen LogP contribution in [0.2, 0.25) is 0 Å². The van der Waals surface area contributed by atoms with Crippen molar-refractivity contribution in [3.63, 3.8) is 0 Å². The number of hydrogen-bond acceptors (Lipinski definition) is 5. The molecular formula is C58H111NO5. The molecule has 0 bridgehead atoms. The van der Waals surface area contributed by atoms with Crippen molar-refractivity contribution in [3.8, 4) is 0 Å². The molecule has 0 aliphatic heterocycles. The van der Waals surface area contributed by atoms with E-state index in [1.165, 1.54) is 199 Å². The van der Waals surface area contributed by atoms with E-state index in [4.69, 9.17) is 4.74 Å². The lowest BCUT2D eigenvalue weighted by molar-refractivity contribution is -0.143. The molecule has 3 N–H and O–H groups in total. The third-order valence-electron chi connectivity index (χ3n) is 13.3. The molecule has 0 saturated carbocycles. The van der Waals surface area contributed by atoms with Gasteiger partial charge in [-0.15, -0.1) is 0 Å². The van der Waals surface area contributed by atoms with Gasteiger partial charge in [0.1, 0.15) is 0 Å². The van der Waals surface area contributed by atoms with Gasteiger partial charge in [-0.25, -0.2) is 0 Å². The van der Waals surface area contributed by atoms with Crippen LogP contribution >= 0.6 is 0 Å². The largest absolute Gasteiger partial charge is 0.466 e. The average molecular weight is 903 g/mol. The summed E-state index contributed by atoms with van der Waals surface area (Å²) in [5, 5.41) is 23.3. The number of rotatable bonds is 53. The Morgan fingerprint density at radius 3 is 1.16 bits per heavy atom. The third kappa shape index (κ3) is 49.8. The number of amides is 1. The molecule has 6 nitrogen and oxygen atoms in total. The molecule has 0 radical (unpaired) electrons. The number of esters is 1. The van der Waals surface area contributed by atoms with Gasteiger partial charge in [0.25, 0.3) is 0 Å². The van der Waals surface area contributed by atoms with Crippen molar-refractivity contribution in [1.29, 1.82) is 0 Å². The Balaban J connectivity index is 3.51. The van der Waals surface area contributed by atoms with Crippen LogP contribution in [-0.4, -0.2) is 47.4 Å². The Bertz CT molecular complexity index is 997. The summed E-state index contributed by atoms with van der Waals surface area (Å²) in [6, 6.07) is -0.558. The first kappa shape index (κ1) is 62.3. The first-order chi connectivity index (χ1) is 31.5. The van der Waals surface area contributed by atoms with Crippen LogP contribution in [0.4, 0.5) is 0 Å². The van der Waals surface area contributed by atoms with E-state index in [2.05, 4.69) is 43.5 Å². The van der Waals surface area contributed by atoms with Gasteiger partial charge in [0.15, 0.2) is 0 Å². The number of allylic oxidation sites excluding steroid dienone is 4. The van der Waals surface area contributed by atoms with E-state index in [-0.39, 0.29) is 18.5 Å². The van der Waals surface area contributed by atoms with E-state index in [0.717, 1.165) is 77.0 Å². The Morgan fingerprint density at radius 2 is 0.766 bits per heavy atom. The third-order valence-corrected chi connectivity index (χ3v) is 13.3. The summed E-state index contributed by atoms with van der Waals surface area (Å²) >= 11 is 0. The van der Waals surface area contributed by atoms with E-state index in [1.807, 2.05) is 0 Å². The lowest BCUT2D eigenvalue weighted by Crippen LogP contribution is -2.45. The second kappa shape index (κ2) is 54.0. The SMILES string of the molecule is CCCCCCCCCCCCCCCCCCCCCCC(O)C(CO)NC(=O)CCCCCCCC/C=C\C=C/CCCCCOC(=O)CCCCCCCCCCCCCC. The molecule has 0 saturated heterocycles. The summed E-state index contributed by atoms with van der Waals surface area (Å²) in [7, 11) is 0. The highest BCUT2D eigenvalue weighted by Crippen LogP contribution is 2.17. The van der Waals surface area contributed by atoms with Gasteiger partial charge in [-0.3, -0.25) is 9.59 Å². The van der Waals surface area contributed by atoms with Crippen LogP contribution in [0, 0.1) is 0 Å². The van der Waals surface area contributed by atoms with E-state index in [0.29, 0.717) is 25.9 Å². The van der Waals surface area contributed by atoms with Gasteiger partial charge in [0.05, 0.1) is 25.4 Å². The molecule has 0 heterocycles. The lowest BCUT2D eigenvalue weighted by atomic mass is 10.0. The second-order valence-electron chi connectivity index (χ2n) is 19.7. The van der Waals surface area contributed by atoms with Gasteiger partial charge in [0.2, 0.25) is 5.91 Å². The minimum absolute atomic E-state index is 0.0205. The number of hydrogen-bond donors (Lipinski definition) is 3. The van der Waals surface area contributed by atoms with Gasteiger partial charge in [-0.2, -0.15) is 0 Å². The Morgan fingerprint density at radius 1 is 0.438 bits per heavy atom. The van der Waals surface area contributed by atoms with E-state index in [1.54, 1.807) is 0 Å². The van der Waals surface area contributed by atoms with Crippen molar-refractivity contribution in [2.45, 2.75) is 321 Å². The van der Waals surface area contributed by atoms with Crippen molar-refractivity contribution in [3.05, 3.63) is 24.3 Å². The normalized spacial score (nSPS) is 12.8. The number of aliphatic hydroxyl groups is 2. The zero-order chi connectivity index (χ0) is 46.5. The quantitative estimate of drug-likeness (QED) is 0.0321. The standard InChI is InChI=1S/C58H111NO5/c1-3-5-7-9-11-13-15-17-18-19-20-21-22-24-27-30-34-38-42-46-50-56(61)55(54-60)59-57(62)51-47-43-39-35-31-28-25-23-26-29-33-37-41-45-49-53-64-58(63)52-48-44-40-36-32-16-14-12-10-8-6-4-2/h23,26,29,33,55-56,60-61H,3-22,24-25,27-28,30-32,34-54H2,1-2H3,(H,59,62)/b26-23-,33-29-. The fraction of sp³-hybridized carbons (Fsp3) is 0.897. The summed E-state index contributed by atoms with van der Waals surface area (Å²) < 4.78 is 5.44. The van der Waals surface area contributed by atoms with Gasteiger partial charge < -0.3 is 20.3 Å². The average Bonchev–Trinajstić information content (AvgIpc) is 3.29. The molecule has 0 spiro atoms. The summed E-state index contributed by atoms with van der Waals surface area (Å²) in [5.41, 5.74) is 0. The summed E-state index contributed by atoms with van der Waals surface area (Å²) in [4.78, 5) is 24.5. The number of carbonyl (C=O) groups is 2. The molecule has 64 heavy (non-hydrogen) atoms. The molecule has 0 aromatic carbocycles. The van der Waals surface area contributed by atoms with Gasteiger partial charge in [-0.1, -0.05) is 263 Å². The number of carbonyl (C=O) groups excluding carboxylic acids is 2. The second-order valence-corrected chi connectivity index (χ2v) is 19.7. The summed E-state index contributed by atoms with van der Waals surface area (Å²) in [5.74, 6) is -0.0754. The highest BCUT2D eigenvalue weighted by atomic mass is 16.5. The number of ether oxygens (including phenoxy) is 1. The van der Waals surface area contributed by atoms with Crippen LogP contribution < -0.4 is 5.32 Å². The molecule has 2 unspecified atom stereocenters. The van der Waals surface area contributed by atoms with E-state index >= 15 is 0 Å². The maximum Gasteiger partial charge on any atom is 0.305 e. The molecule has 6 heteroatoms. The zero-order valence-corrected chi connectivity index (χ0v) is 43.0. The molecular weight excluding hydrogens is 791 g/mol. The van der Waals surface area contributed by atoms with Crippen LogP contribution in [0.3, 0.4) is 0 Å². The predicted octanol–water partition coefficient (Wildman–Crippen LogP) is 17.5. The Hall–Kier alpha value is -1.66. The molecule has 0 aliphatic rings. The number of nitrogens with one attached hydrogen (secondary N) is 1. The van der Waals surface area contributed by atoms with Crippen molar-refractivity contribution in [2.75, 3.05) is 13.2 Å². The van der Waals surface area contributed by atoms with Crippen LogP contribution in [0.5, 0.6) is 0 Å². The predicted molar refractivity (Wildman–Crippen MR) is 278 cm³/mol. The Labute approximate surface area is 399 Å². The van der Waals surface area contributed by atoms with Crippen LogP contribution in [0.15, 0.2) is 24.3 Å². The molecule has 0 aromatic heterocycles. The number of aliphatic hydroxyl groups excluding tert-OH is 2. The molecule has 0 aromatic rings. The fourth-order valence-corrected chi connectivity index (χ4v) is 8.87. The number of unbranched alkanes of at least 4 members (excludes halogenated alkanes) is 39. The topological polar surface area (TPSA) is 95.9 Å². The zero-order valence-electron chi connectivity index (χ0n) is 43.0. The molecule has 378 valence electrons. The maximum atomic E-state index is 12.5. The minimum Gasteiger partial charge on any atom is -0.466 e. The molecule has 0 aliphatic carbocycles. The first-order valence-corrected chi connectivity index (χ1v) is 28.6. The smallest absolute Gasteiger partial charge is 0.305 e. The molecule has 2 atom stereocenters. The maximum absolute atomic E-state index is 12.5. The van der Waals surface area contributed by atoms with Crippen LogP contribution in [0.25, 0.3) is 0 Å². The van der Waals surface area contributed by atoms with Crippen molar-refractivity contribution in [2.24, 2.45) is 0 Å². The van der Waals surface area contributed by atoms with E-state index in [9.17, 15) is 19.8 Å². The van der Waals surface area contributed by atoms with Crippen molar-refractivity contribution < 1.29 is 24.5 Å². The van der Waals surface area contributed by atoms with E-state index < -0.39 is 12.1 Å². The monoisotopic (exact) mass is 902 g/mol. The highest BCUT2D eigenvalue weighted by molar-refractivity contribution is 5.76.